The zero-order valence-electron chi connectivity index (χ0n) is 17.1. The number of hydrogen-bond acceptors (Lipinski definition) is 4. The number of nitrogens with one attached hydrogen (secondary N) is 1. The number of benzene rings is 1. The molecule has 1 aromatic carbocycles. The Hall–Kier alpha value is -2.89. The number of likely N-dealkylation sites (N-methyl/N-ethyl adjacent to an activating group) is 1. The van der Waals surface area contributed by atoms with Gasteiger partial charge in [0, 0.05) is 32.5 Å². The Kier molecular flexibility index (Phi) is 7.55. The highest BCUT2D eigenvalue weighted by Crippen LogP contribution is 2.20. The van der Waals surface area contributed by atoms with Crippen molar-refractivity contribution in [1.29, 1.82) is 0 Å². The molecule has 150 valence electrons. The lowest BCUT2D eigenvalue weighted by atomic mass is 9.90. The molecule has 0 aliphatic heterocycles. The van der Waals surface area contributed by atoms with Crippen molar-refractivity contribution < 1.29 is 14.3 Å². The van der Waals surface area contributed by atoms with Crippen molar-refractivity contribution in [2.45, 2.75) is 26.7 Å². The fraction of sp³-hybridized carbons (Fsp3) is 0.409. The molecule has 6 heteroatoms. The topological polar surface area (TPSA) is 71.5 Å². The van der Waals surface area contributed by atoms with Gasteiger partial charge in [-0.25, -0.2) is 0 Å². The molecule has 0 aliphatic rings. The highest BCUT2D eigenvalue weighted by Gasteiger charge is 2.37. The Morgan fingerprint density at radius 2 is 1.79 bits per heavy atom. The lowest BCUT2D eigenvalue weighted by Gasteiger charge is -2.28. The highest BCUT2D eigenvalue weighted by molar-refractivity contribution is 6.04. The fourth-order valence-electron chi connectivity index (χ4n) is 2.96. The molecule has 2 rings (SSSR count). The van der Waals surface area contributed by atoms with E-state index in [-0.39, 0.29) is 11.8 Å². The van der Waals surface area contributed by atoms with E-state index in [0.717, 1.165) is 23.3 Å². The van der Waals surface area contributed by atoms with Gasteiger partial charge in [0.1, 0.15) is 11.2 Å². The van der Waals surface area contributed by atoms with Crippen LogP contribution in [0.4, 0.5) is 0 Å². The van der Waals surface area contributed by atoms with Gasteiger partial charge in [-0.2, -0.15) is 0 Å². The second-order valence-electron chi connectivity index (χ2n) is 7.27. The number of methoxy groups -OCH3 is 1. The molecule has 6 nitrogen and oxygen atoms in total. The molecular weight excluding hydrogens is 354 g/mol. The molecule has 2 aromatic rings. The predicted octanol–water partition coefficient (Wildman–Crippen LogP) is 2.48. The summed E-state index contributed by atoms with van der Waals surface area (Å²) in [6.45, 7) is 4.31. The zero-order chi connectivity index (χ0) is 20.6. The minimum atomic E-state index is -1.13. The molecule has 0 unspecified atom stereocenters. The molecule has 28 heavy (non-hydrogen) atoms. The van der Waals surface area contributed by atoms with E-state index in [9.17, 15) is 9.59 Å². The van der Waals surface area contributed by atoms with Crippen molar-refractivity contribution in [3.63, 3.8) is 0 Å². The van der Waals surface area contributed by atoms with Crippen LogP contribution in [0.1, 0.15) is 25.0 Å². The van der Waals surface area contributed by atoms with E-state index in [0.29, 0.717) is 19.5 Å². The van der Waals surface area contributed by atoms with Gasteiger partial charge in [-0.1, -0.05) is 18.2 Å². The first-order chi connectivity index (χ1) is 13.4. The maximum Gasteiger partial charge on any atom is 0.237 e. The van der Waals surface area contributed by atoms with Crippen molar-refractivity contribution >= 4 is 11.8 Å². The largest absolute Gasteiger partial charge is 0.496 e. The van der Waals surface area contributed by atoms with Gasteiger partial charge in [0.05, 0.1) is 7.11 Å². The number of carbonyl (C=O) groups excluding carboxylic acids is 2. The first-order valence-electron chi connectivity index (χ1n) is 9.41. The van der Waals surface area contributed by atoms with Crippen LogP contribution in [0.5, 0.6) is 5.75 Å². The van der Waals surface area contributed by atoms with Crippen molar-refractivity contribution in [1.82, 2.24) is 15.2 Å². The minimum absolute atomic E-state index is 0.198. The average molecular weight is 383 g/mol. The van der Waals surface area contributed by atoms with E-state index in [1.165, 1.54) is 0 Å². The van der Waals surface area contributed by atoms with E-state index in [1.54, 1.807) is 45.3 Å². The van der Waals surface area contributed by atoms with Crippen molar-refractivity contribution in [3.8, 4) is 5.75 Å². The van der Waals surface area contributed by atoms with Crippen LogP contribution in [0.3, 0.4) is 0 Å². The Labute approximate surface area is 166 Å². The SMILES string of the molecule is COc1ccccc1CCNC(=O)C(C)(C)C(=O)N(C)CCc1ccncc1. The molecule has 1 N–H and O–H groups in total. The molecular formula is C22H29N3O3. The Morgan fingerprint density at radius 3 is 2.46 bits per heavy atom. The lowest BCUT2D eigenvalue weighted by molar-refractivity contribution is -0.147. The maximum atomic E-state index is 12.8. The van der Waals surface area contributed by atoms with E-state index in [1.807, 2.05) is 36.4 Å². The summed E-state index contributed by atoms with van der Waals surface area (Å²) in [4.78, 5) is 31.0. The first-order valence-corrected chi connectivity index (χ1v) is 9.41. The summed E-state index contributed by atoms with van der Waals surface area (Å²) in [5.41, 5.74) is 0.992. The van der Waals surface area contributed by atoms with Gasteiger partial charge in [-0.15, -0.1) is 0 Å². The molecule has 0 bridgehead atoms. The van der Waals surface area contributed by atoms with Crippen LogP contribution in [0, 0.1) is 5.41 Å². The number of para-hydroxylation sites is 1. The molecule has 0 spiro atoms. The zero-order valence-corrected chi connectivity index (χ0v) is 17.1. The summed E-state index contributed by atoms with van der Waals surface area (Å²) in [5, 5.41) is 2.88. The summed E-state index contributed by atoms with van der Waals surface area (Å²) in [6, 6.07) is 11.5. The van der Waals surface area contributed by atoms with Crippen LogP contribution >= 0.6 is 0 Å². The van der Waals surface area contributed by atoms with Crippen molar-refractivity contribution in [2.24, 2.45) is 5.41 Å². The van der Waals surface area contributed by atoms with Gasteiger partial charge in [0.2, 0.25) is 11.8 Å². The monoisotopic (exact) mass is 383 g/mol. The van der Waals surface area contributed by atoms with Crippen LogP contribution in [-0.4, -0.2) is 48.9 Å². The molecule has 0 saturated heterocycles. The third-order valence-electron chi connectivity index (χ3n) is 4.81. The minimum Gasteiger partial charge on any atom is -0.496 e. The molecule has 0 saturated carbocycles. The number of ether oxygens (including phenoxy) is 1. The number of rotatable bonds is 9. The van der Waals surface area contributed by atoms with Crippen LogP contribution in [-0.2, 0) is 22.4 Å². The number of pyridine rings is 1. The number of amides is 2. The second-order valence-corrected chi connectivity index (χ2v) is 7.27. The summed E-state index contributed by atoms with van der Waals surface area (Å²) < 4.78 is 5.33. The third kappa shape index (κ3) is 5.55. The number of nitrogens with zero attached hydrogens (tertiary/aromatic N) is 2. The predicted molar refractivity (Wildman–Crippen MR) is 109 cm³/mol. The second kappa shape index (κ2) is 9.88. The standard InChI is InChI=1S/C22H29N3O3/c1-22(2,21(27)25(3)16-12-17-9-13-23-14-10-17)20(26)24-15-11-18-7-5-6-8-19(18)28-4/h5-10,13-14H,11-12,15-16H2,1-4H3,(H,24,26). The van der Waals surface area contributed by atoms with E-state index >= 15 is 0 Å². The summed E-state index contributed by atoms with van der Waals surface area (Å²) >= 11 is 0. The van der Waals surface area contributed by atoms with Gasteiger partial charge in [0.25, 0.3) is 0 Å². The van der Waals surface area contributed by atoms with Gasteiger partial charge in [-0.3, -0.25) is 14.6 Å². The van der Waals surface area contributed by atoms with Gasteiger partial charge < -0.3 is 15.0 Å². The molecule has 0 atom stereocenters. The maximum absolute atomic E-state index is 12.8. The Morgan fingerprint density at radius 1 is 1.11 bits per heavy atom. The number of hydrogen-bond donors (Lipinski definition) is 1. The summed E-state index contributed by atoms with van der Waals surface area (Å²) in [7, 11) is 3.36. The molecule has 0 aliphatic carbocycles. The average Bonchev–Trinajstić information content (AvgIpc) is 2.72. The molecule has 0 radical (unpaired) electrons. The first kappa shape index (κ1) is 21.4. The van der Waals surface area contributed by atoms with Gasteiger partial charge in [-0.05, 0) is 56.0 Å². The highest BCUT2D eigenvalue weighted by atomic mass is 16.5. The Bertz CT molecular complexity index is 791. The normalized spacial score (nSPS) is 11.0. The molecule has 1 heterocycles. The number of aromatic nitrogens is 1. The van der Waals surface area contributed by atoms with E-state index < -0.39 is 5.41 Å². The summed E-state index contributed by atoms with van der Waals surface area (Å²) in [6.07, 6.45) is 4.82. The van der Waals surface area contributed by atoms with Crippen molar-refractivity contribution in [2.75, 3.05) is 27.2 Å². The quantitative estimate of drug-likeness (QED) is 0.676. The number of carbonyl (C=O) groups is 2. The van der Waals surface area contributed by atoms with Gasteiger partial charge >= 0.3 is 0 Å². The third-order valence-corrected chi connectivity index (χ3v) is 4.81. The molecule has 0 fully saturated rings. The summed E-state index contributed by atoms with van der Waals surface area (Å²) in [5.74, 6) is 0.322. The van der Waals surface area contributed by atoms with Crippen LogP contribution in [0.25, 0.3) is 0 Å². The molecule has 2 amide bonds. The van der Waals surface area contributed by atoms with Gasteiger partial charge in [0.15, 0.2) is 0 Å². The van der Waals surface area contributed by atoms with E-state index in [2.05, 4.69) is 10.3 Å². The van der Waals surface area contributed by atoms with Crippen LogP contribution in [0.15, 0.2) is 48.8 Å². The van der Waals surface area contributed by atoms with E-state index in [4.69, 9.17) is 4.74 Å². The van der Waals surface area contributed by atoms with Crippen LogP contribution < -0.4 is 10.1 Å². The lowest BCUT2D eigenvalue weighted by Crippen LogP contribution is -2.49. The van der Waals surface area contributed by atoms with Crippen LogP contribution in [0.2, 0.25) is 0 Å². The molecule has 1 aromatic heterocycles. The fourth-order valence-corrected chi connectivity index (χ4v) is 2.96. The smallest absolute Gasteiger partial charge is 0.237 e. The Balaban J connectivity index is 1.87. The van der Waals surface area contributed by atoms with Crippen molar-refractivity contribution in [3.05, 3.63) is 59.9 Å².